The third kappa shape index (κ3) is 3.57. The van der Waals surface area contributed by atoms with E-state index in [2.05, 4.69) is 20.9 Å². The van der Waals surface area contributed by atoms with Crippen molar-refractivity contribution < 1.29 is 9.53 Å². The number of carbonyl (C=O) groups is 1. The molecule has 0 radical (unpaired) electrons. The van der Waals surface area contributed by atoms with Gasteiger partial charge in [0, 0.05) is 6.61 Å². The Kier molecular flexibility index (Phi) is 4.76. The minimum Gasteiger partial charge on any atom is -0.371 e. The Hall–Kier alpha value is -2.25. The molecule has 2 N–H and O–H groups in total. The lowest BCUT2D eigenvalue weighted by molar-refractivity contribution is 0.0818. The lowest BCUT2D eigenvalue weighted by Gasteiger charge is -2.22. The van der Waals surface area contributed by atoms with Gasteiger partial charge in [-0.15, -0.1) is 5.10 Å². The van der Waals surface area contributed by atoms with Crippen molar-refractivity contribution in [1.82, 2.24) is 25.6 Å². The first-order chi connectivity index (χ1) is 12.3. The van der Waals surface area contributed by atoms with Crippen LogP contribution in [0.3, 0.4) is 0 Å². The highest BCUT2D eigenvalue weighted by Gasteiger charge is 2.31. The summed E-state index contributed by atoms with van der Waals surface area (Å²) in [5, 5.41) is 14.6. The highest BCUT2D eigenvalue weighted by Crippen LogP contribution is 2.29. The Labute approximate surface area is 146 Å². The molecule has 2 saturated heterocycles. The fourth-order valence-corrected chi connectivity index (χ4v) is 3.58. The number of benzene rings is 1. The van der Waals surface area contributed by atoms with Gasteiger partial charge in [-0.05, 0) is 37.9 Å². The summed E-state index contributed by atoms with van der Waals surface area (Å²) in [5.41, 5.74) is 1.46. The Balaban J connectivity index is 1.42. The maximum absolute atomic E-state index is 12.6. The molecule has 1 aromatic heterocycles. The average molecular weight is 341 g/mol. The van der Waals surface area contributed by atoms with E-state index in [9.17, 15) is 4.79 Å². The normalized spacial score (nSPS) is 24.3. The SMILES string of the molecule is O=C(NC1CCOC1c1ccccc1)c1cn(C2CCNCC2)nn1. The Morgan fingerprint density at radius 1 is 1.20 bits per heavy atom. The molecular formula is C18H23N5O2. The van der Waals surface area contributed by atoms with E-state index < -0.39 is 0 Å². The minimum atomic E-state index is -0.184. The molecule has 2 fully saturated rings. The number of carbonyl (C=O) groups excluding carboxylic acids is 1. The van der Waals surface area contributed by atoms with Gasteiger partial charge in [-0.2, -0.15) is 0 Å². The van der Waals surface area contributed by atoms with E-state index in [0.717, 1.165) is 37.9 Å². The van der Waals surface area contributed by atoms with Crippen molar-refractivity contribution in [1.29, 1.82) is 0 Å². The van der Waals surface area contributed by atoms with Crippen molar-refractivity contribution in [3.8, 4) is 0 Å². The van der Waals surface area contributed by atoms with E-state index >= 15 is 0 Å². The summed E-state index contributed by atoms with van der Waals surface area (Å²) in [6.07, 6.45) is 4.48. The predicted octanol–water partition coefficient (Wildman–Crippen LogP) is 1.46. The molecule has 2 atom stereocenters. The van der Waals surface area contributed by atoms with Crippen molar-refractivity contribution in [2.75, 3.05) is 19.7 Å². The summed E-state index contributed by atoms with van der Waals surface area (Å²) in [5.74, 6) is -0.184. The van der Waals surface area contributed by atoms with Crippen LogP contribution in [0.5, 0.6) is 0 Å². The molecule has 0 bridgehead atoms. The smallest absolute Gasteiger partial charge is 0.273 e. The monoisotopic (exact) mass is 341 g/mol. The summed E-state index contributed by atoms with van der Waals surface area (Å²) in [6.45, 7) is 2.60. The predicted molar refractivity (Wildman–Crippen MR) is 92.2 cm³/mol. The van der Waals surface area contributed by atoms with Crippen LogP contribution in [-0.4, -0.2) is 46.6 Å². The average Bonchev–Trinajstić information content (AvgIpc) is 3.33. The van der Waals surface area contributed by atoms with E-state index in [-0.39, 0.29) is 18.1 Å². The molecule has 0 spiro atoms. The van der Waals surface area contributed by atoms with Gasteiger partial charge >= 0.3 is 0 Å². The van der Waals surface area contributed by atoms with Crippen molar-refractivity contribution in [3.63, 3.8) is 0 Å². The molecule has 2 unspecified atom stereocenters. The zero-order valence-corrected chi connectivity index (χ0v) is 14.1. The summed E-state index contributed by atoms with van der Waals surface area (Å²) < 4.78 is 7.65. The lowest BCUT2D eigenvalue weighted by Crippen LogP contribution is -2.37. The van der Waals surface area contributed by atoms with E-state index in [0.29, 0.717) is 18.3 Å². The van der Waals surface area contributed by atoms with Crippen LogP contribution < -0.4 is 10.6 Å². The molecule has 25 heavy (non-hydrogen) atoms. The Bertz CT molecular complexity index is 711. The molecule has 7 nitrogen and oxygen atoms in total. The molecule has 2 aliphatic rings. The quantitative estimate of drug-likeness (QED) is 0.880. The Morgan fingerprint density at radius 2 is 2.00 bits per heavy atom. The number of ether oxygens (including phenoxy) is 1. The van der Waals surface area contributed by atoms with Crippen LogP contribution in [0.4, 0.5) is 0 Å². The van der Waals surface area contributed by atoms with Gasteiger partial charge in [-0.3, -0.25) is 4.79 Å². The highest BCUT2D eigenvalue weighted by molar-refractivity contribution is 5.92. The number of nitrogens with zero attached hydrogens (tertiary/aromatic N) is 3. The third-order valence-electron chi connectivity index (χ3n) is 4.96. The van der Waals surface area contributed by atoms with Crippen LogP contribution >= 0.6 is 0 Å². The van der Waals surface area contributed by atoms with Crippen molar-refractivity contribution in [2.24, 2.45) is 0 Å². The number of nitrogens with one attached hydrogen (secondary N) is 2. The molecule has 3 heterocycles. The second-order valence-corrected chi connectivity index (χ2v) is 6.64. The number of aromatic nitrogens is 3. The van der Waals surface area contributed by atoms with Crippen molar-refractivity contribution in [3.05, 3.63) is 47.8 Å². The largest absolute Gasteiger partial charge is 0.371 e. The van der Waals surface area contributed by atoms with Crippen LogP contribution in [0.25, 0.3) is 0 Å². The standard InChI is InChI=1S/C18H23N5O2/c24-18(16-12-23(22-21-16)14-6-9-19-10-7-14)20-15-8-11-25-17(15)13-4-2-1-3-5-13/h1-5,12,14-15,17,19H,6-11H2,(H,20,24). The first-order valence-corrected chi connectivity index (χ1v) is 8.91. The van der Waals surface area contributed by atoms with Crippen LogP contribution in [0.15, 0.2) is 36.5 Å². The number of hydrogen-bond donors (Lipinski definition) is 2. The van der Waals surface area contributed by atoms with E-state index in [1.807, 2.05) is 35.0 Å². The fourth-order valence-electron chi connectivity index (χ4n) is 3.58. The first kappa shape index (κ1) is 16.2. The van der Waals surface area contributed by atoms with Crippen molar-refractivity contribution >= 4 is 5.91 Å². The fraction of sp³-hybridized carbons (Fsp3) is 0.500. The number of piperidine rings is 1. The minimum absolute atomic E-state index is 0.0427. The molecular weight excluding hydrogens is 318 g/mol. The van der Waals surface area contributed by atoms with Gasteiger partial charge in [0.25, 0.3) is 5.91 Å². The van der Waals surface area contributed by atoms with E-state index in [4.69, 9.17) is 4.74 Å². The summed E-state index contributed by atoms with van der Waals surface area (Å²) in [7, 11) is 0. The molecule has 4 rings (SSSR count). The number of rotatable bonds is 4. The number of hydrogen-bond acceptors (Lipinski definition) is 5. The zero-order valence-electron chi connectivity index (χ0n) is 14.1. The van der Waals surface area contributed by atoms with Gasteiger partial charge in [0.2, 0.25) is 0 Å². The van der Waals surface area contributed by atoms with Crippen LogP contribution in [0.1, 0.15) is 47.5 Å². The number of amides is 1. The molecule has 2 aromatic rings. The Morgan fingerprint density at radius 3 is 2.80 bits per heavy atom. The molecule has 7 heteroatoms. The van der Waals surface area contributed by atoms with Crippen LogP contribution in [0.2, 0.25) is 0 Å². The van der Waals surface area contributed by atoms with E-state index in [1.165, 1.54) is 0 Å². The first-order valence-electron chi connectivity index (χ1n) is 8.91. The van der Waals surface area contributed by atoms with Gasteiger partial charge in [0.1, 0.15) is 6.10 Å². The topological polar surface area (TPSA) is 81.1 Å². The molecule has 2 aliphatic heterocycles. The van der Waals surface area contributed by atoms with Gasteiger partial charge in [0.15, 0.2) is 5.69 Å². The van der Waals surface area contributed by atoms with Crippen LogP contribution in [0, 0.1) is 0 Å². The van der Waals surface area contributed by atoms with Gasteiger partial charge in [-0.1, -0.05) is 35.5 Å². The molecule has 132 valence electrons. The summed E-state index contributed by atoms with van der Waals surface area (Å²) in [6, 6.07) is 10.3. The second-order valence-electron chi connectivity index (χ2n) is 6.64. The highest BCUT2D eigenvalue weighted by atomic mass is 16.5. The second kappa shape index (κ2) is 7.33. The summed E-state index contributed by atoms with van der Waals surface area (Å²) >= 11 is 0. The van der Waals surface area contributed by atoms with Gasteiger partial charge in [-0.25, -0.2) is 4.68 Å². The lowest BCUT2D eigenvalue weighted by atomic mass is 10.0. The summed E-state index contributed by atoms with van der Waals surface area (Å²) in [4.78, 5) is 12.6. The third-order valence-corrected chi connectivity index (χ3v) is 4.96. The van der Waals surface area contributed by atoms with Gasteiger partial charge in [0.05, 0.1) is 18.3 Å². The maximum atomic E-state index is 12.6. The zero-order chi connectivity index (χ0) is 17.1. The van der Waals surface area contributed by atoms with Gasteiger partial charge < -0.3 is 15.4 Å². The van der Waals surface area contributed by atoms with Crippen molar-refractivity contribution in [2.45, 2.75) is 37.5 Å². The molecule has 0 aliphatic carbocycles. The molecule has 1 aromatic carbocycles. The van der Waals surface area contributed by atoms with Crippen LogP contribution in [-0.2, 0) is 4.74 Å². The molecule has 0 saturated carbocycles. The maximum Gasteiger partial charge on any atom is 0.273 e. The van der Waals surface area contributed by atoms with E-state index in [1.54, 1.807) is 6.20 Å². The molecule has 1 amide bonds.